The maximum Gasteiger partial charge on any atom is 0.255 e. The van der Waals surface area contributed by atoms with Gasteiger partial charge in [0, 0.05) is 54.1 Å². The monoisotopic (exact) mass is 297 g/mol. The number of hydrogen-bond acceptors (Lipinski definition) is 1. The molecule has 3 aromatic rings. The number of carbonyl (C=O) groups excluding carboxylic acids is 1. The molecule has 4 nitrogen and oxygen atoms in total. The van der Waals surface area contributed by atoms with E-state index in [0.717, 1.165) is 34.1 Å². The number of carbonyl (C=O) groups is 1. The van der Waals surface area contributed by atoms with E-state index in [1.54, 1.807) is 18.3 Å². The van der Waals surface area contributed by atoms with E-state index in [1.807, 2.05) is 18.0 Å². The van der Waals surface area contributed by atoms with Crippen molar-refractivity contribution in [2.24, 2.45) is 0 Å². The molecular weight excluding hydrogens is 281 g/mol. The fourth-order valence-corrected chi connectivity index (χ4v) is 3.20. The summed E-state index contributed by atoms with van der Waals surface area (Å²) >= 11 is 0. The van der Waals surface area contributed by atoms with E-state index >= 15 is 0 Å². The van der Waals surface area contributed by atoms with Crippen molar-refractivity contribution >= 4 is 16.8 Å². The van der Waals surface area contributed by atoms with Gasteiger partial charge in [-0.15, -0.1) is 0 Å². The molecule has 0 aliphatic carbocycles. The number of halogens is 1. The summed E-state index contributed by atoms with van der Waals surface area (Å²) in [5.74, 6) is -0.227. The summed E-state index contributed by atoms with van der Waals surface area (Å²) in [7, 11) is 0. The third-order valence-corrected chi connectivity index (χ3v) is 4.41. The van der Waals surface area contributed by atoms with E-state index in [9.17, 15) is 9.18 Å². The van der Waals surface area contributed by atoms with Gasteiger partial charge in [0.05, 0.1) is 5.56 Å². The second-order valence-corrected chi connectivity index (χ2v) is 5.80. The van der Waals surface area contributed by atoms with Crippen LogP contribution >= 0.6 is 0 Å². The van der Waals surface area contributed by atoms with E-state index in [-0.39, 0.29) is 11.7 Å². The van der Waals surface area contributed by atoms with Gasteiger partial charge in [-0.3, -0.25) is 4.79 Å². The molecule has 1 amide bonds. The first-order chi connectivity index (χ1) is 10.6. The molecule has 1 aromatic carbocycles. The van der Waals surface area contributed by atoms with Crippen LogP contribution in [0.2, 0.25) is 0 Å². The molecule has 112 valence electrons. The molecular formula is C17H16FN3O. The molecule has 0 atom stereocenters. The van der Waals surface area contributed by atoms with Crippen molar-refractivity contribution in [2.75, 3.05) is 6.54 Å². The Morgan fingerprint density at radius 1 is 1.32 bits per heavy atom. The Bertz CT molecular complexity index is 877. The topological polar surface area (TPSA) is 51.9 Å². The number of benzene rings is 1. The van der Waals surface area contributed by atoms with Gasteiger partial charge in [0.2, 0.25) is 0 Å². The summed E-state index contributed by atoms with van der Waals surface area (Å²) in [6, 6.07) is 4.75. The molecule has 0 bridgehead atoms. The smallest absolute Gasteiger partial charge is 0.255 e. The van der Waals surface area contributed by atoms with E-state index in [0.29, 0.717) is 18.7 Å². The minimum atomic E-state index is -0.251. The number of rotatable bonds is 1. The van der Waals surface area contributed by atoms with E-state index in [2.05, 4.69) is 9.97 Å². The third kappa shape index (κ3) is 1.93. The van der Waals surface area contributed by atoms with Gasteiger partial charge in [-0.1, -0.05) is 0 Å². The second kappa shape index (κ2) is 4.73. The number of aromatic amines is 2. The summed E-state index contributed by atoms with van der Waals surface area (Å²) < 4.78 is 13.5. The minimum absolute atomic E-state index is 0.0233. The number of hydrogen-bond donors (Lipinski definition) is 2. The Balaban J connectivity index is 1.72. The Hall–Kier alpha value is -2.56. The van der Waals surface area contributed by atoms with Crippen molar-refractivity contribution in [3.05, 3.63) is 58.8 Å². The van der Waals surface area contributed by atoms with Crippen LogP contribution in [0.25, 0.3) is 10.9 Å². The quantitative estimate of drug-likeness (QED) is 0.712. The maximum absolute atomic E-state index is 13.5. The Morgan fingerprint density at radius 2 is 2.18 bits per heavy atom. The van der Waals surface area contributed by atoms with Crippen LogP contribution in [0, 0.1) is 12.7 Å². The normalized spacial score (nSPS) is 14.4. The molecule has 5 heteroatoms. The van der Waals surface area contributed by atoms with Crippen LogP contribution in [0.5, 0.6) is 0 Å². The highest BCUT2D eigenvalue weighted by atomic mass is 19.1. The molecule has 1 aliphatic heterocycles. The summed E-state index contributed by atoms with van der Waals surface area (Å²) in [6.45, 7) is 3.11. The lowest BCUT2D eigenvalue weighted by Crippen LogP contribution is -2.35. The summed E-state index contributed by atoms with van der Waals surface area (Å²) in [5.41, 5.74) is 4.71. The predicted molar refractivity (Wildman–Crippen MR) is 82.2 cm³/mol. The molecule has 1 aliphatic rings. The molecule has 0 saturated carbocycles. The fraction of sp³-hybridized carbons (Fsp3) is 0.235. The van der Waals surface area contributed by atoms with Crippen LogP contribution in [-0.4, -0.2) is 27.3 Å². The standard InChI is InChI=1S/C17H16FN3O/c1-10-7-19-8-13(10)17(22)21-5-4-16-14(9-21)12-6-11(18)2-3-15(12)20-16/h2-3,6-8,19-20H,4-5,9H2,1H3. The molecule has 4 rings (SSSR count). The Morgan fingerprint density at radius 3 is 2.95 bits per heavy atom. The van der Waals surface area contributed by atoms with Gasteiger partial charge in [-0.25, -0.2) is 4.39 Å². The van der Waals surface area contributed by atoms with Crippen LogP contribution in [0.1, 0.15) is 27.2 Å². The first kappa shape index (κ1) is 13.1. The first-order valence-corrected chi connectivity index (χ1v) is 7.35. The Labute approximate surface area is 126 Å². The van der Waals surface area contributed by atoms with Gasteiger partial charge < -0.3 is 14.9 Å². The van der Waals surface area contributed by atoms with Gasteiger partial charge in [0.25, 0.3) is 5.91 Å². The highest BCUT2D eigenvalue weighted by Gasteiger charge is 2.25. The van der Waals surface area contributed by atoms with Crippen LogP contribution in [0.4, 0.5) is 4.39 Å². The van der Waals surface area contributed by atoms with Crippen molar-refractivity contribution in [3.8, 4) is 0 Å². The highest BCUT2D eigenvalue weighted by molar-refractivity contribution is 5.96. The lowest BCUT2D eigenvalue weighted by molar-refractivity contribution is 0.0734. The first-order valence-electron chi connectivity index (χ1n) is 7.35. The van der Waals surface area contributed by atoms with Crippen molar-refractivity contribution in [2.45, 2.75) is 19.9 Å². The number of fused-ring (bicyclic) bond motifs is 3. The van der Waals surface area contributed by atoms with Crippen molar-refractivity contribution in [3.63, 3.8) is 0 Å². The molecule has 0 spiro atoms. The zero-order valence-corrected chi connectivity index (χ0v) is 12.2. The molecule has 3 heterocycles. The predicted octanol–water partition coefficient (Wildman–Crippen LogP) is 3.14. The summed E-state index contributed by atoms with van der Waals surface area (Å²) in [6.07, 6.45) is 4.33. The summed E-state index contributed by atoms with van der Waals surface area (Å²) in [4.78, 5) is 20.8. The number of nitrogens with zero attached hydrogens (tertiary/aromatic N) is 1. The SMILES string of the molecule is Cc1c[nH]cc1C(=O)N1CCc2[nH]c3ccc(F)cc3c2C1. The summed E-state index contributed by atoms with van der Waals surface area (Å²) in [5, 5.41) is 0.873. The lowest BCUT2D eigenvalue weighted by Gasteiger charge is -2.27. The van der Waals surface area contributed by atoms with E-state index < -0.39 is 0 Å². The fourth-order valence-electron chi connectivity index (χ4n) is 3.20. The number of aromatic nitrogens is 2. The number of nitrogens with one attached hydrogen (secondary N) is 2. The molecule has 0 fully saturated rings. The van der Waals surface area contributed by atoms with Crippen molar-refractivity contribution < 1.29 is 9.18 Å². The van der Waals surface area contributed by atoms with Gasteiger partial charge in [-0.05, 0) is 30.7 Å². The van der Waals surface area contributed by atoms with Gasteiger partial charge in [-0.2, -0.15) is 0 Å². The van der Waals surface area contributed by atoms with E-state index in [4.69, 9.17) is 0 Å². The van der Waals surface area contributed by atoms with Gasteiger partial charge >= 0.3 is 0 Å². The van der Waals surface area contributed by atoms with Gasteiger partial charge in [0.1, 0.15) is 5.82 Å². The molecule has 0 saturated heterocycles. The van der Waals surface area contributed by atoms with Crippen LogP contribution in [0.3, 0.4) is 0 Å². The highest BCUT2D eigenvalue weighted by Crippen LogP contribution is 2.29. The third-order valence-electron chi connectivity index (χ3n) is 4.41. The lowest BCUT2D eigenvalue weighted by atomic mass is 10.0. The average Bonchev–Trinajstić information content (AvgIpc) is 3.09. The van der Waals surface area contributed by atoms with Crippen LogP contribution < -0.4 is 0 Å². The zero-order valence-electron chi connectivity index (χ0n) is 12.2. The van der Waals surface area contributed by atoms with Gasteiger partial charge in [0.15, 0.2) is 0 Å². The zero-order chi connectivity index (χ0) is 15.3. The minimum Gasteiger partial charge on any atom is -0.367 e. The molecule has 0 unspecified atom stereocenters. The molecule has 2 N–H and O–H groups in total. The average molecular weight is 297 g/mol. The van der Waals surface area contributed by atoms with Crippen LogP contribution in [-0.2, 0) is 13.0 Å². The second-order valence-electron chi connectivity index (χ2n) is 5.80. The number of H-pyrrole nitrogens is 2. The maximum atomic E-state index is 13.5. The molecule has 0 radical (unpaired) electrons. The van der Waals surface area contributed by atoms with Crippen molar-refractivity contribution in [1.29, 1.82) is 0 Å². The largest absolute Gasteiger partial charge is 0.367 e. The molecule has 2 aromatic heterocycles. The van der Waals surface area contributed by atoms with Crippen molar-refractivity contribution in [1.82, 2.24) is 14.9 Å². The van der Waals surface area contributed by atoms with Crippen LogP contribution in [0.15, 0.2) is 30.6 Å². The van der Waals surface area contributed by atoms with E-state index in [1.165, 1.54) is 6.07 Å². The number of aryl methyl sites for hydroxylation is 1. The molecule has 22 heavy (non-hydrogen) atoms. The Kier molecular flexibility index (Phi) is 2.82. The number of amides is 1.